The van der Waals surface area contributed by atoms with E-state index in [2.05, 4.69) is 10.4 Å². The van der Waals surface area contributed by atoms with Crippen molar-refractivity contribution in [1.82, 2.24) is 20.0 Å². The molecule has 1 heterocycles. The van der Waals surface area contributed by atoms with Crippen LogP contribution in [0.5, 0.6) is 0 Å². The second-order valence-corrected chi connectivity index (χ2v) is 6.79. The summed E-state index contributed by atoms with van der Waals surface area (Å²) in [6.07, 6.45) is 3.55. The van der Waals surface area contributed by atoms with Gasteiger partial charge in [0.25, 0.3) is 0 Å². The lowest BCUT2D eigenvalue weighted by Gasteiger charge is -2.17. The maximum Gasteiger partial charge on any atom is 0.317 e. The van der Waals surface area contributed by atoms with Gasteiger partial charge in [-0.05, 0) is 17.7 Å². The van der Waals surface area contributed by atoms with Crippen molar-refractivity contribution >= 4 is 16.1 Å². The van der Waals surface area contributed by atoms with Crippen LogP contribution >= 0.6 is 0 Å². The molecule has 2 amide bonds. The molecule has 0 saturated heterocycles. The summed E-state index contributed by atoms with van der Waals surface area (Å²) < 4.78 is 24.0. The SMILES string of the molecule is CN(Cc1cnn(C)c1)C(=O)NCc1ccc(S(N)(=O)=O)cc1. The Morgan fingerprint density at radius 2 is 1.96 bits per heavy atom. The zero-order valence-electron chi connectivity index (χ0n) is 12.9. The number of carbonyl (C=O) groups is 1. The smallest absolute Gasteiger partial charge is 0.317 e. The average Bonchev–Trinajstić information content (AvgIpc) is 2.89. The highest BCUT2D eigenvalue weighted by Crippen LogP contribution is 2.09. The summed E-state index contributed by atoms with van der Waals surface area (Å²) in [5, 5.41) is 11.8. The van der Waals surface area contributed by atoms with E-state index in [1.54, 1.807) is 30.1 Å². The van der Waals surface area contributed by atoms with Gasteiger partial charge < -0.3 is 10.2 Å². The summed E-state index contributed by atoms with van der Waals surface area (Å²) in [6, 6.07) is 5.82. The van der Waals surface area contributed by atoms with Crippen molar-refractivity contribution in [2.24, 2.45) is 12.2 Å². The predicted octanol–water partition coefficient (Wildman–Crippen LogP) is 0.409. The Morgan fingerprint density at radius 1 is 1.30 bits per heavy atom. The number of carbonyl (C=O) groups excluding carboxylic acids is 1. The third-order valence-electron chi connectivity index (χ3n) is 3.22. The van der Waals surface area contributed by atoms with Crippen molar-refractivity contribution < 1.29 is 13.2 Å². The van der Waals surface area contributed by atoms with E-state index in [-0.39, 0.29) is 10.9 Å². The number of nitrogens with zero attached hydrogens (tertiary/aromatic N) is 3. The maximum atomic E-state index is 12.0. The number of aryl methyl sites for hydroxylation is 1. The molecule has 0 saturated carbocycles. The Kier molecular flexibility index (Phi) is 5.02. The highest BCUT2D eigenvalue weighted by molar-refractivity contribution is 7.89. The second kappa shape index (κ2) is 6.80. The second-order valence-electron chi connectivity index (χ2n) is 5.23. The van der Waals surface area contributed by atoms with Crippen molar-refractivity contribution in [2.75, 3.05) is 7.05 Å². The van der Waals surface area contributed by atoms with Gasteiger partial charge in [-0.2, -0.15) is 5.10 Å². The van der Waals surface area contributed by atoms with Crippen LogP contribution in [0.15, 0.2) is 41.6 Å². The number of rotatable bonds is 5. The molecule has 0 bridgehead atoms. The molecule has 0 spiro atoms. The van der Waals surface area contributed by atoms with Gasteiger partial charge in [0.2, 0.25) is 10.0 Å². The largest absolute Gasteiger partial charge is 0.334 e. The fraction of sp³-hybridized carbons (Fsp3) is 0.286. The van der Waals surface area contributed by atoms with Crippen LogP contribution in [-0.2, 0) is 30.2 Å². The van der Waals surface area contributed by atoms with E-state index in [1.165, 1.54) is 17.0 Å². The highest BCUT2D eigenvalue weighted by atomic mass is 32.2. The van der Waals surface area contributed by atoms with E-state index in [9.17, 15) is 13.2 Å². The highest BCUT2D eigenvalue weighted by Gasteiger charge is 2.10. The van der Waals surface area contributed by atoms with Crippen molar-refractivity contribution in [3.63, 3.8) is 0 Å². The number of amides is 2. The number of nitrogens with two attached hydrogens (primary N) is 1. The van der Waals surface area contributed by atoms with Gasteiger partial charge in [-0.15, -0.1) is 0 Å². The lowest BCUT2D eigenvalue weighted by atomic mass is 10.2. The summed E-state index contributed by atoms with van der Waals surface area (Å²) in [5.74, 6) is 0. The zero-order valence-corrected chi connectivity index (χ0v) is 13.7. The molecule has 0 aliphatic heterocycles. The maximum absolute atomic E-state index is 12.0. The first kappa shape index (κ1) is 17.0. The molecule has 0 unspecified atom stereocenters. The van der Waals surface area contributed by atoms with Crippen molar-refractivity contribution in [3.8, 4) is 0 Å². The standard InChI is InChI=1S/C14H19N5O3S/c1-18(9-12-8-17-19(2)10-12)14(20)16-7-11-3-5-13(6-4-11)23(15,21)22/h3-6,8,10H,7,9H2,1-2H3,(H,16,20)(H2,15,21,22). The van der Waals surface area contributed by atoms with Crippen LogP contribution in [-0.4, -0.2) is 36.2 Å². The van der Waals surface area contributed by atoms with E-state index < -0.39 is 10.0 Å². The minimum Gasteiger partial charge on any atom is -0.334 e. The number of benzene rings is 1. The fourth-order valence-electron chi connectivity index (χ4n) is 2.01. The molecule has 9 heteroatoms. The normalized spacial score (nSPS) is 11.3. The number of hydrogen-bond acceptors (Lipinski definition) is 4. The molecule has 0 aliphatic rings. The summed E-state index contributed by atoms with van der Waals surface area (Å²) in [5.41, 5.74) is 1.71. The Labute approximate surface area is 134 Å². The van der Waals surface area contributed by atoms with Crippen LogP contribution in [0, 0.1) is 0 Å². The van der Waals surface area contributed by atoms with Crippen molar-refractivity contribution in [2.45, 2.75) is 18.0 Å². The van der Waals surface area contributed by atoms with E-state index >= 15 is 0 Å². The first-order chi connectivity index (χ1) is 10.8. The fourth-order valence-corrected chi connectivity index (χ4v) is 2.52. The van der Waals surface area contributed by atoms with Gasteiger partial charge in [0.05, 0.1) is 17.6 Å². The summed E-state index contributed by atoms with van der Waals surface area (Å²) >= 11 is 0. The number of urea groups is 1. The van der Waals surface area contributed by atoms with Gasteiger partial charge in [-0.3, -0.25) is 4.68 Å². The third-order valence-corrected chi connectivity index (χ3v) is 4.15. The van der Waals surface area contributed by atoms with Crippen LogP contribution in [0.3, 0.4) is 0 Å². The molecule has 2 aromatic rings. The Morgan fingerprint density at radius 3 is 2.48 bits per heavy atom. The van der Waals surface area contributed by atoms with Gasteiger partial charge in [-0.1, -0.05) is 12.1 Å². The topological polar surface area (TPSA) is 110 Å². The minimum atomic E-state index is -3.70. The molecule has 2 rings (SSSR count). The van der Waals surface area contributed by atoms with Crippen LogP contribution in [0.4, 0.5) is 4.79 Å². The van der Waals surface area contributed by atoms with E-state index in [4.69, 9.17) is 5.14 Å². The zero-order chi connectivity index (χ0) is 17.0. The molecule has 1 aromatic carbocycles. The molecule has 8 nitrogen and oxygen atoms in total. The van der Waals surface area contributed by atoms with Crippen molar-refractivity contribution in [1.29, 1.82) is 0 Å². The number of sulfonamides is 1. The molecule has 23 heavy (non-hydrogen) atoms. The van der Waals surface area contributed by atoms with Crippen LogP contribution in [0.25, 0.3) is 0 Å². The molecule has 124 valence electrons. The minimum absolute atomic E-state index is 0.0428. The number of nitrogens with one attached hydrogen (secondary N) is 1. The number of aromatic nitrogens is 2. The Bertz CT molecular complexity index is 783. The van der Waals surface area contributed by atoms with E-state index in [0.29, 0.717) is 13.1 Å². The summed E-state index contributed by atoms with van der Waals surface area (Å²) in [4.78, 5) is 13.6. The van der Waals surface area contributed by atoms with Gasteiger partial charge >= 0.3 is 6.03 Å². The summed E-state index contributed by atoms with van der Waals surface area (Å²) in [7, 11) is -0.199. The quantitative estimate of drug-likeness (QED) is 0.823. The molecule has 0 atom stereocenters. The van der Waals surface area contributed by atoms with Gasteiger partial charge in [-0.25, -0.2) is 18.4 Å². The summed E-state index contributed by atoms with van der Waals surface area (Å²) in [6.45, 7) is 0.741. The first-order valence-corrected chi connectivity index (χ1v) is 8.38. The lowest BCUT2D eigenvalue weighted by molar-refractivity contribution is 0.206. The van der Waals surface area contributed by atoms with Crippen molar-refractivity contribution in [3.05, 3.63) is 47.8 Å². The Balaban J connectivity index is 1.88. The van der Waals surface area contributed by atoms with Crippen LogP contribution in [0.2, 0.25) is 0 Å². The van der Waals surface area contributed by atoms with Gasteiger partial charge in [0.15, 0.2) is 0 Å². The first-order valence-electron chi connectivity index (χ1n) is 6.84. The number of hydrogen-bond donors (Lipinski definition) is 2. The van der Waals surface area contributed by atoms with Gasteiger partial charge in [0, 0.05) is 32.4 Å². The average molecular weight is 337 g/mol. The van der Waals surface area contributed by atoms with Crippen LogP contribution < -0.4 is 10.5 Å². The molecular weight excluding hydrogens is 318 g/mol. The monoisotopic (exact) mass is 337 g/mol. The molecule has 0 aliphatic carbocycles. The molecular formula is C14H19N5O3S. The molecule has 0 radical (unpaired) electrons. The van der Waals surface area contributed by atoms with E-state index in [1.807, 2.05) is 13.2 Å². The van der Waals surface area contributed by atoms with E-state index in [0.717, 1.165) is 11.1 Å². The van der Waals surface area contributed by atoms with Gasteiger partial charge in [0.1, 0.15) is 0 Å². The number of primary sulfonamides is 1. The third kappa shape index (κ3) is 4.80. The Hall–Kier alpha value is -2.39. The molecule has 3 N–H and O–H groups in total. The molecule has 0 fully saturated rings. The predicted molar refractivity (Wildman–Crippen MR) is 84.7 cm³/mol. The molecule has 1 aromatic heterocycles. The lowest BCUT2D eigenvalue weighted by Crippen LogP contribution is -2.36. The van der Waals surface area contributed by atoms with Crippen LogP contribution in [0.1, 0.15) is 11.1 Å².